The molecule has 1 aromatic rings. The second-order valence-corrected chi connectivity index (χ2v) is 14.6. The summed E-state index contributed by atoms with van der Waals surface area (Å²) >= 11 is 0. The number of phenolic OH excluding ortho intramolecular Hbond substituents is 1. The third-order valence-corrected chi connectivity index (χ3v) is 12.1. The van der Waals surface area contributed by atoms with Gasteiger partial charge in [-0.15, -0.1) is 0 Å². The summed E-state index contributed by atoms with van der Waals surface area (Å²) in [4.78, 5) is 55.8. The van der Waals surface area contributed by atoms with E-state index >= 15 is 0 Å². The van der Waals surface area contributed by atoms with Crippen molar-refractivity contribution in [3.05, 3.63) is 52.0 Å². The lowest BCUT2D eigenvalue weighted by Crippen LogP contribution is -2.69. The van der Waals surface area contributed by atoms with Crippen LogP contribution in [0.5, 0.6) is 5.75 Å². The van der Waals surface area contributed by atoms with E-state index in [1.165, 1.54) is 30.2 Å². The lowest BCUT2D eigenvalue weighted by Gasteiger charge is -2.54. The number of nitrogens with two attached hydrogens (primary N) is 1. The number of aliphatic hydroxyl groups excluding tert-OH is 2. The van der Waals surface area contributed by atoms with Crippen LogP contribution in [0.1, 0.15) is 67.3 Å². The monoisotopic (exact) mass is 620 g/mol. The van der Waals surface area contributed by atoms with Crippen LogP contribution in [0.2, 0.25) is 0 Å². The predicted octanol–water partition coefficient (Wildman–Crippen LogP) is 2.67. The lowest BCUT2D eigenvalue weighted by atomic mass is 9.55. The fraction of sp³-hybridized carbons (Fsp3) is 0.588. The first kappa shape index (κ1) is 30.0. The fourth-order valence-electron chi connectivity index (χ4n) is 10.5. The molecule has 0 aliphatic heterocycles. The summed E-state index contributed by atoms with van der Waals surface area (Å²) < 4.78 is 6.29. The number of likely N-dealkylation sites (N-methyl/N-ethyl adjacent to an activating group) is 1. The Bertz CT molecular complexity index is 1590. The zero-order chi connectivity index (χ0) is 32.3. The van der Waals surface area contributed by atoms with Crippen LogP contribution in [-0.4, -0.2) is 80.6 Å². The van der Waals surface area contributed by atoms with Crippen molar-refractivity contribution in [2.45, 2.75) is 69.1 Å². The number of Topliss-reactive ketones (excluding diaryl/α,β-unsaturated/α-hetero) is 2. The number of benzene rings is 1. The summed E-state index contributed by atoms with van der Waals surface area (Å²) in [5.41, 5.74) is 1.62. The zero-order valence-corrected chi connectivity index (χ0v) is 25.6. The molecule has 240 valence electrons. The maximum absolute atomic E-state index is 14.1. The third kappa shape index (κ3) is 4.08. The van der Waals surface area contributed by atoms with Crippen molar-refractivity contribution < 1.29 is 44.3 Å². The highest BCUT2D eigenvalue weighted by atomic mass is 16.5. The van der Waals surface area contributed by atoms with Crippen molar-refractivity contribution in [2.24, 2.45) is 47.2 Å². The molecule has 3 bridgehead atoms. The summed E-state index contributed by atoms with van der Waals surface area (Å²) in [6.45, 7) is 1.76. The molecule has 7 rings (SSSR count). The van der Waals surface area contributed by atoms with Gasteiger partial charge in [-0.05, 0) is 93.3 Å². The van der Waals surface area contributed by atoms with Crippen molar-refractivity contribution >= 4 is 23.4 Å². The molecule has 11 heteroatoms. The van der Waals surface area contributed by atoms with E-state index in [2.05, 4.69) is 0 Å². The Morgan fingerprint density at radius 1 is 1.04 bits per heavy atom. The number of hydrogen-bond donors (Lipinski definition) is 5. The number of fused-ring (bicyclic) bond motifs is 5. The smallest absolute Gasteiger partial charge is 0.306 e. The highest BCUT2D eigenvalue weighted by molar-refractivity contribution is 6.25. The van der Waals surface area contributed by atoms with Gasteiger partial charge < -0.3 is 30.9 Å². The van der Waals surface area contributed by atoms with Crippen molar-refractivity contribution in [1.82, 2.24) is 4.90 Å². The van der Waals surface area contributed by atoms with Crippen LogP contribution in [0.25, 0.3) is 0 Å². The molecule has 6 aliphatic carbocycles. The van der Waals surface area contributed by atoms with E-state index in [1.807, 2.05) is 0 Å². The number of amides is 1. The molecular formula is C34H40N2O9. The van der Waals surface area contributed by atoms with Gasteiger partial charge in [0.1, 0.15) is 28.9 Å². The Balaban J connectivity index is 1.36. The normalized spacial score (nSPS) is 39.9. The average molecular weight is 621 g/mol. The number of phenols is 1. The summed E-state index contributed by atoms with van der Waals surface area (Å²) in [5, 5.41) is 46.0. The summed E-state index contributed by atoms with van der Waals surface area (Å²) in [6, 6.07) is 3.27. The number of aromatic hydroxyl groups is 1. The van der Waals surface area contributed by atoms with E-state index in [0.717, 1.165) is 12.8 Å². The molecular weight excluding hydrogens is 580 g/mol. The van der Waals surface area contributed by atoms with E-state index in [0.29, 0.717) is 29.2 Å². The summed E-state index contributed by atoms with van der Waals surface area (Å²) in [7, 11) is 3.09. The van der Waals surface area contributed by atoms with Gasteiger partial charge in [0.2, 0.25) is 5.78 Å². The van der Waals surface area contributed by atoms with Gasteiger partial charge >= 0.3 is 5.97 Å². The standard InChI is InChI=1S/C34H40N2O9/c1-13-18-5-4-6-20(37)23(18)28(39)24-22(13)30(45-21(38)12-17-9-14-7-15-10-16(8-14)19(17)11-15)26-27(36(2)3)29(40)25(33(35)43)32(42)34(26,44)31(24)41/h4-6,13-17,19,22,26-27,30,37,40-41,44H,7-12H2,1-3H3,(H2,35,43). The van der Waals surface area contributed by atoms with Gasteiger partial charge in [0, 0.05) is 17.9 Å². The van der Waals surface area contributed by atoms with Crippen molar-refractivity contribution in [1.29, 1.82) is 0 Å². The number of carbonyl (C=O) groups excluding carboxylic acids is 4. The average Bonchev–Trinajstić information content (AvgIpc) is 3.19. The van der Waals surface area contributed by atoms with Gasteiger partial charge in [0.05, 0.1) is 17.5 Å². The highest BCUT2D eigenvalue weighted by Crippen LogP contribution is 2.59. The number of carbonyl (C=O) groups is 4. The topological polar surface area (TPSA) is 188 Å². The molecule has 0 heterocycles. The quantitative estimate of drug-likeness (QED) is 0.242. The molecule has 45 heavy (non-hydrogen) atoms. The lowest BCUT2D eigenvalue weighted by molar-refractivity contribution is -0.182. The van der Waals surface area contributed by atoms with Crippen molar-refractivity contribution in [3.8, 4) is 5.75 Å². The van der Waals surface area contributed by atoms with Crippen LogP contribution in [0.3, 0.4) is 0 Å². The number of ether oxygens (including phenoxy) is 1. The minimum Gasteiger partial charge on any atom is -0.510 e. The predicted molar refractivity (Wildman–Crippen MR) is 159 cm³/mol. The van der Waals surface area contributed by atoms with E-state index in [1.54, 1.807) is 33.2 Å². The molecule has 0 aromatic heterocycles. The molecule has 1 amide bonds. The highest BCUT2D eigenvalue weighted by Gasteiger charge is 2.68. The molecule has 0 spiro atoms. The number of primary amides is 1. The number of ketones is 2. The van der Waals surface area contributed by atoms with Crippen LogP contribution in [0.15, 0.2) is 40.9 Å². The Morgan fingerprint density at radius 3 is 2.40 bits per heavy atom. The summed E-state index contributed by atoms with van der Waals surface area (Å²) in [6.07, 6.45) is 4.39. The fourth-order valence-corrected chi connectivity index (χ4v) is 10.5. The molecule has 11 nitrogen and oxygen atoms in total. The van der Waals surface area contributed by atoms with Crippen molar-refractivity contribution in [2.75, 3.05) is 14.1 Å². The maximum Gasteiger partial charge on any atom is 0.306 e. The number of nitrogens with zero attached hydrogens (tertiary/aromatic N) is 1. The molecule has 11 unspecified atom stereocenters. The summed E-state index contributed by atoms with van der Waals surface area (Å²) in [5.74, 6) is -6.85. The van der Waals surface area contributed by atoms with Gasteiger partial charge in [0.25, 0.3) is 5.91 Å². The van der Waals surface area contributed by atoms with E-state index in [-0.39, 0.29) is 29.2 Å². The number of esters is 1. The largest absolute Gasteiger partial charge is 0.510 e. The van der Waals surface area contributed by atoms with E-state index < -0.39 is 76.0 Å². The van der Waals surface area contributed by atoms with Crippen LogP contribution in [-0.2, 0) is 19.1 Å². The molecule has 11 atom stereocenters. The van der Waals surface area contributed by atoms with E-state index in [4.69, 9.17) is 10.5 Å². The first-order valence-corrected chi connectivity index (χ1v) is 15.9. The molecule has 3 fully saturated rings. The molecule has 0 saturated heterocycles. The first-order chi connectivity index (χ1) is 21.2. The number of hydrogen-bond acceptors (Lipinski definition) is 10. The Kier molecular flexibility index (Phi) is 6.76. The van der Waals surface area contributed by atoms with Crippen molar-refractivity contribution in [3.63, 3.8) is 0 Å². The Labute approximate surface area is 260 Å². The van der Waals surface area contributed by atoms with Gasteiger partial charge in [-0.1, -0.05) is 19.1 Å². The zero-order valence-electron chi connectivity index (χ0n) is 25.6. The molecule has 3 saturated carbocycles. The van der Waals surface area contributed by atoms with Gasteiger partial charge in [-0.2, -0.15) is 0 Å². The van der Waals surface area contributed by atoms with Crippen LogP contribution in [0, 0.1) is 41.4 Å². The number of rotatable bonds is 5. The molecule has 0 radical (unpaired) electrons. The minimum absolute atomic E-state index is 0.0932. The molecule has 1 aromatic carbocycles. The SMILES string of the molecule is CC1c2cccc(O)c2C(=O)C2=C(O)C3(O)C(=O)C(C(N)=O)=C(O)C(N(C)C)C3C(OC(=O)CC3CC4CC5CC(C4)C3C5)C21. The third-order valence-electron chi connectivity index (χ3n) is 12.1. The van der Waals surface area contributed by atoms with Gasteiger partial charge in [-0.3, -0.25) is 24.1 Å². The minimum atomic E-state index is -2.94. The molecule has 6 aliphatic rings. The molecule has 6 N–H and O–H groups in total. The number of aliphatic hydroxyl groups is 3. The van der Waals surface area contributed by atoms with Gasteiger partial charge in [0.15, 0.2) is 11.4 Å². The van der Waals surface area contributed by atoms with Crippen LogP contribution < -0.4 is 5.73 Å². The second kappa shape index (κ2) is 10.2. The van der Waals surface area contributed by atoms with Gasteiger partial charge in [-0.25, -0.2) is 0 Å². The first-order valence-electron chi connectivity index (χ1n) is 15.9. The Hall–Kier alpha value is -3.70. The second-order valence-electron chi connectivity index (χ2n) is 14.6. The van der Waals surface area contributed by atoms with E-state index in [9.17, 15) is 39.6 Å². The Morgan fingerprint density at radius 2 is 1.73 bits per heavy atom. The van der Waals surface area contributed by atoms with Crippen LogP contribution in [0.4, 0.5) is 0 Å². The van der Waals surface area contributed by atoms with Crippen LogP contribution >= 0.6 is 0 Å². The maximum atomic E-state index is 14.1.